The van der Waals surface area contributed by atoms with Gasteiger partial charge in [-0.2, -0.15) is 0 Å². The van der Waals surface area contributed by atoms with Crippen LogP contribution in [0.25, 0.3) is 0 Å². The maximum Gasteiger partial charge on any atom is 0.349 e. The minimum atomic E-state index is -1.07. The van der Waals surface area contributed by atoms with Gasteiger partial charge < -0.3 is 19.6 Å². The van der Waals surface area contributed by atoms with Crippen molar-refractivity contribution in [1.29, 1.82) is 0 Å². The van der Waals surface area contributed by atoms with Gasteiger partial charge in [0.05, 0.1) is 0 Å². The SMILES string of the molecule is CC(=O)N1CCN(C(=O)COc2ccsc2C(=O)O)CC1. The number of hydrogen-bond acceptors (Lipinski definition) is 5. The number of piperazine rings is 1. The fourth-order valence-corrected chi connectivity index (χ4v) is 2.74. The van der Waals surface area contributed by atoms with Crippen molar-refractivity contribution in [3.63, 3.8) is 0 Å². The van der Waals surface area contributed by atoms with Gasteiger partial charge in [0.2, 0.25) is 5.91 Å². The molecule has 2 amide bonds. The molecular formula is C13H16N2O5S. The highest BCUT2D eigenvalue weighted by molar-refractivity contribution is 7.12. The lowest BCUT2D eigenvalue weighted by atomic mass is 10.3. The zero-order valence-electron chi connectivity index (χ0n) is 11.6. The lowest BCUT2D eigenvalue weighted by molar-refractivity contribution is -0.139. The van der Waals surface area contributed by atoms with Crippen molar-refractivity contribution in [2.45, 2.75) is 6.92 Å². The highest BCUT2D eigenvalue weighted by atomic mass is 32.1. The average Bonchev–Trinajstić information content (AvgIpc) is 2.93. The highest BCUT2D eigenvalue weighted by Crippen LogP contribution is 2.24. The number of ether oxygens (including phenoxy) is 1. The molecule has 1 aromatic rings. The van der Waals surface area contributed by atoms with Gasteiger partial charge in [0, 0.05) is 33.1 Å². The van der Waals surface area contributed by atoms with E-state index in [1.54, 1.807) is 15.2 Å². The molecule has 2 rings (SSSR count). The van der Waals surface area contributed by atoms with Crippen molar-refractivity contribution < 1.29 is 24.2 Å². The number of aromatic carboxylic acids is 1. The molecule has 1 fully saturated rings. The number of nitrogens with zero attached hydrogens (tertiary/aromatic N) is 2. The summed E-state index contributed by atoms with van der Waals surface area (Å²) in [4.78, 5) is 37.5. The number of amides is 2. The van der Waals surface area contributed by atoms with Crippen molar-refractivity contribution in [2.75, 3.05) is 32.8 Å². The lowest BCUT2D eigenvalue weighted by Gasteiger charge is -2.34. The summed E-state index contributed by atoms with van der Waals surface area (Å²) in [7, 11) is 0. The summed E-state index contributed by atoms with van der Waals surface area (Å²) in [5.74, 6) is -1.06. The standard InChI is InChI=1S/C13H16N2O5S/c1-9(16)14-3-5-15(6-4-14)11(17)8-20-10-2-7-21-12(10)13(18)19/h2,7H,3-6,8H2,1H3,(H,18,19). The molecule has 1 aliphatic rings. The van der Waals surface area contributed by atoms with Crippen molar-refractivity contribution in [1.82, 2.24) is 9.80 Å². The lowest BCUT2D eigenvalue weighted by Crippen LogP contribution is -2.51. The van der Waals surface area contributed by atoms with Gasteiger partial charge in [-0.15, -0.1) is 11.3 Å². The molecule has 0 spiro atoms. The number of carboxylic acids is 1. The second-order valence-electron chi connectivity index (χ2n) is 4.59. The normalized spacial score (nSPS) is 14.9. The monoisotopic (exact) mass is 312 g/mol. The average molecular weight is 312 g/mol. The molecule has 0 radical (unpaired) electrons. The van der Waals surface area contributed by atoms with E-state index in [0.29, 0.717) is 26.2 Å². The van der Waals surface area contributed by atoms with Gasteiger partial charge in [-0.1, -0.05) is 0 Å². The molecule has 114 valence electrons. The van der Waals surface area contributed by atoms with Crippen LogP contribution in [0.5, 0.6) is 5.75 Å². The van der Waals surface area contributed by atoms with Crippen LogP contribution in [-0.2, 0) is 9.59 Å². The van der Waals surface area contributed by atoms with Crippen molar-refractivity contribution in [2.24, 2.45) is 0 Å². The Morgan fingerprint density at radius 2 is 1.86 bits per heavy atom. The Hall–Kier alpha value is -2.09. The van der Waals surface area contributed by atoms with Crippen LogP contribution in [-0.4, -0.2) is 65.5 Å². The van der Waals surface area contributed by atoms with Crippen LogP contribution < -0.4 is 4.74 Å². The van der Waals surface area contributed by atoms with E-state index in [0.717, 1.165) is 11.3 Å². The molecular weight excluding hydrogens is 296 g/mol. The number of carbonyl (C=O) groups is 3. The quantitative estimate of drug-likeness (QED) is 0.875. The molecule has 1 aromatic heterocycles. The van der Waals surface area contributed by atoms with E-state index in [-0.39, 0.29) is 29.0 Å². The van der Waals surface area contributed by atoms with E-state index >= 15 is 0 Å². The first-order valence-electron chi connectivity index (χ1n) is 6.46. The van der Waals surface area contributed by atoms with Crippen LogP contribution in [0.4, 0.5) is 0 Å². The third kappa shape index (κ3) is 3.72. The van der Waals surface area contributed by atoms with Crippen LogP contribution in [0.3, 0.4) is 0 Å². The van der Waals surface area contributed by atoms with Crippen LogP contribution in [0.15, 0.2) is 11.4 Å². The van der Waals surface area contributed by atoms with Gasteiger partial charge >= 0.3 is 5.97 Å². The Morgan fingerprint density at radius 1 is 1.24 bits per heavy atom. The molecule has 0 saturated carbocycles. The zero-order valence-corrected chi connectivity index (χ0v) is 12.4. The summed E-state index contributed by atoms with van der Waals surface area (Å²) in [6, 6.07) is 1.54. The van der Waals surface area contributed by atoms with Gasteiger partial charge in [-0.25, -0.2) is 4.79 Å². The van der Waals surface area contributed by atoms with Crippen LogP contribution in [0, 0.1) is 0 Å². The highest BCUT2D eigenvalue weighted by Gasteiger charge is 2.23. The number of carbonyl (C=O) groups excluding carboxylic acids is 2. The fraction of sp³-hybridized carbons (Fsp3) is 0.462. The molecule has 0 aromatic carbocycles. The Balaban J connectivity index is 1.84. The maximum absolute atomic E-state index is 12.0. The van der Waals surface area contributed by atoms with E-state index in [1.165, 1.54) is 13.0 Å². The molecule has 0 unspecified atom stereocenters. The molecule has 21 heavy (non-hydrogen) atoms. The molecule has 8 heteroatoms. The number of thiophene rings is 1. The number of carboxylic acid groups (broad SMARTS) is 1. The van der Waals surface area contributed by atoms with Gasteiger partial charge in [0.1, 0.15) is 5.75 Å². The third-order valence-corrected chi connectivity index (χ3v) is 4.14. The number of hydrogen-bond donors (Lipinski definition) is 1. The number of rotatable bonds is 4. The largest absolute Gasteiger partial charge is 0.482 e. The van der Waals surface area contributed by atoms with Gasteiger partial charge in [0.25, 0.3) is 5.91 Å². The Morgan fingerprint density at radius 3 is 2.43 bits per heavy atom. The Labute approximate surface area is 125 Å². The third-order valence-electron chi connectivity index (χ3n) is 3.25. The van der Waals surface area contributed by atoms with Gasteiger partial charge in [-0.3, -0.25) is 9.59 Å². The summed E-state index contributed by atoms with van der Waals surface area (Å²) in [6.07, 6.45) is 0. The Bertz CT molecular complexity index is 549. The fourth-order valence-electron chi connectivity index (χ4n) is 2.07. The van der Waals surface area contributed by atoms with Gasteiger partial charge in [0.15, 0.2) is 11.5 Å². The van der Waals surface area contributed by atoms with E-state index < -0.39 is 5.97 Å². The predicted molar refractivity (Wildman–Crippen MR) is 75.6 cm³/mol. The van der Waals surface area contributed by atoms with E-state index in [2.05, 4.69) is 0 Å². The molecule has 2 heterocycles. The summed E-state index contributed by atoms with van der Waals surface area (Å²) >= 11 is 1.05. The zero-order chi connectivity index (χ0) is 15.4. The van der Waals surface area contributed by atoms with E-state index in [4.69, 9.17) is 9.84 Å². The second-order valence-corrected chi connectivity index (χ2v) is 5.51. The molecule has 1 N–H and O–H groups in total. The predicted octanol–water partition coefficient (Wildman–Crippen LogP) is 0.516. The molecule has 0 bridgehead atoms. The Kier molecular flexibility index (Phi) is 4.79. The molecule has 0 atom stereocenters. The summed E-state index contributed by atoms with van der Waals surface area (Å²) in [5, 5.41) is 10.6. The summed E-state index contributed by atoms with van der Waals surface area (Å²) in [5.41, 5.74) is 0. The molecule has 0 aliphatic carbocycles. The van der Waals surface area contributed by atoms with E-state index in [9.17, 15) is 14.4 Å². The van der Waals surface area contributed by atoms with Crippen molar-refractivity contribution in [3.05, 3.63) is 16.3 Å². The van der Waals surface area contributed by atoms with Crippen molar-refractivity contribution in [3.8, 4) is 5.75 Å². The van der Waals surface area contributed by atoms with Crippen LogP contribution >= 0.6 is 11.3 Å². The van der Waals surface area contributed by atoms with Crippen LogP contribution in [0.1, 0.15) is 16.6 Å². The van der Waals surface area contributed by atoms with Crippen molar-refractivity contribution >= 4 is 29.1 Å². The van der Waals surface area contributed by atoms with E-state index in [1.807, 2.05) is 0 Å². The first-order valence-corrected chi connectivity index (χ1v) is 7.34. The summed E-state index contributed by atoms with van der Waals surface area (Å²) < 4.78 is 5.29. The smallest absolute Gasteiger partial charge is 0.349 e. The van der Waals surface area contributed by atoms with Crippen LogP contribution in [0.2, 0.25) is 0 Å². The first kappa shape index (κ1) is 15.3. The minimum Gasteiger partial charge on any atom is -0.482 e. The molecule has 1 saturated heterocycles. The minimum absolute atomic E-state index is 0.00252. The molecule has 1 aliphatic heterocycles. The topological polar surface area (TPSA) is 87.2 Å². The maximum atomic E-state index is 12.0. The second kappa shape index (κ2) is 6.57. The molecule has 7 nitrogen and oxygen atoms in total. The summed E-state index contributed by atoms with van der Waals surface area (Å²) in [6.45, 7) is 3.27. The van der Waals surface area contributed by atoms with Gasteiger partial charge in [-0.05, 0) is 11.4 Å². The first-order chi connectivity index (χ1) is 9.99.